The maximum absolute atomic E-state index is 13.1. The molecule has 0 saturated heterocycles. The fraction of sp³-hybridized carbons (Fsp3) is 0.136. The third-order valence-corrected chi connectivity index (χ3v) is 5.51. The van der Waals surface area contributed by atoms with E-state index in [1.165, 1.54) is 31.4 Å². The van der Waals surface area contributed by atoms with Crippen molar-refractivity contribution in [2.45, 2.75) is 13.3 Å². The summed E-state index contributed by atoms with van der Waals surface area (Å²) in [6.45, 7) is 1.61. The summed E-state index contributed by atoms with van der Waals surface area (Å²) in [5, 5.41) is 5.61. The molecule has 3 aromatic rings. The van der Waals surface area contributed by atoms with Crippen molar-refractivity contribution in [1.82, 2.24) is 0 Å². The molecule has 2 aromatic carbocycles. The highest BCUT2D eigenvalue weighted by molar-refractivity contribution is 7.18. The summed E-state index contributed by atoms with van der Waals surface area (Å²) in [7, 11) is 1.23. The number of halogens is 1. The van der Waals surface area contributed by atoms with Crippen molar-refractivity contribution in [3.8, 4) is 0 Å². The van der Waals surface area contributed by atoms with Crippen LogP contribution in [0.4, 0.5) is 15.1 Å². The number of esters is 1. The minimum Gasteiger partial charge on any atom is -0.465 e. The highest BCUT2D eigenvalue weighted by Crippen LogP contribution is 2.34. The number of methoxy groups -OCH3 is 1. The van der Waals surface area contributed by atoms with E-state index in [-0.39, 0.29) is 27.8 Å². The average Bonchev–Trinajstić information content (AvgIpc) is 3.05. The molecule has 0 aliphatic rings. The van der Waals surface area contributed by atoms with E-state index < -0.39 is 17.7 Å². The van der Waals surface area contributed by atoms with Crippen molar-refractivity contribution in [2.24, 2.45) is 0 Å². The number of carbonyl (C=O) groups excluding carboxylic acids is 3. The lowest BCUT2D eigenvalue weighted by Crippen LogP contribution is -2.16. The number of hydrogen-bond donors (Lipinski definition) is 2. The molecule has 6 nitrogen and oxygen atoms in total. The second kappa shape index (κ2) is 9.32. The monoisotopic (exact) mass is 426 g/mol. The molecule has 0 aliphatic heterocycles. The summed E-state index contributed by atoms with van der Waals surface area (Å²) in [4.78, 5) is 37.7. The third-order valence-electron chi connectivity index (χ3n) is 4.31. The Bertz CT molecular complexity index is 1080. The predicted molar refractivity (Wildman–Crippen MR) is 114 cm³/mol. The fourth-order valence-corrected chi connectivity index (χ4v) is 3.95. The summed E-state index contributed by atoms with van der Waals surface area (Å²) in [5.41, 5.74) is 1.75. The Morgan fingerprint density at radius 1 is 1.00 bits per heavy atom. The topological polar surface area (TPSA) is 84.5 Å². The van der Waals surface area contributed by atoms with Gasteiger partial charge in [-0.25, -0.2) is 9.18 Å². The minimum absolute atomic E-state index is 0.121. The highest BCUT2D eigenvalue weighted by atomic mass is 32.1. The first-order chi connectivity index (χ1) is 14.4. The first-order valence-electron chi connectivity index (χ1n) is 9.01. The zero-order chi connectivity index (χ0) is 21.7. The van der Waals surface area contributed by atoms with Gasteiger partial charge in [0.2, 0.25) is 5.91 Å². The van der Waals surface area contributed by atoms with Gasteiger partial charge in [0, 0.05) is 5.69 Å². The average molecular weight is 426 g/mol. The standard InChI is InChI=1S/C22H19FN2O4S/c1-13-18(22(28)29-2)21(25-17(26)12-14-6-4-3-5-7-14)30-19(13)20(27)24-16-10-8-15(23)9-11-16/h3-11H,12H2,1-2H3,(H,24,27)(H,25,26). The lowest BCUT2D eigenvalue weighted by Gasteiger charge is -2.06. The molecule has 2 N–H and O–H groups in total. The van der Waals surface area contributed by atoms with Crippen molar-refractivity contribution in [3.05, 3.63) is 82.0 Å². The number of benzene rings is 2. The maximum atomic E-state index is 13.1. The van der Waals surface area contributed by atoms with Crippen molar-refractivity contribution < 1.29 is 23.5 Å². The van der Waals surface area contributed by atoms with Gasteiger partial charge in [0.05, 0.1) is 24.0 Å². The van der Waals surface area contributed by atoms with Crippen LogP contribution in [-0.2, 0) is 16.0 Å². The normalized spacial score (nSPS) is 10.4. The Morgan fingerprint density at radius 3 is 2.30 bits per heavy atom. The van der Waals surface area contributed by atoms with Crippen LogP contribution in [0.2, 0.25) is 0 Å². The van der Waals surface area contributed by atoms with Gasteiger partial charge >= 0.3 is 5.97 Å². The van der Waals surface area contributed by atoms with Gasteiger partial charge in [0.1, 0.15) is 10.8 Å². The molecule has 154 valence electrons. The lowest BCUT2D eigenvalue weighted by atomic mass is 10.1. The smallest absolute Gasteiger partial charge is 0.341 e. The van der Waals surface area contributed by atoms with E-state index in [0.717, 1.165) is 16.9 Å². The van der Waals surface area contributed by atoms with Gasteiger partial charge in [0.15, 0.2) is 0 Å². The van der Waals surface area contributed by atoms with Crippen LogP contribution in [0.5, 0.6) is 0 Å². The number of nitrogens with one attached hydrogen (secondary N) is 2. The van der Waals surface area contributed by atoms with Crippen LogP contribution < -0.4 is 10.6 Å². The summed E-state index contributed by atoms with van der Waals surface area (Å²) in [6, 6.07) is 14.5. The molecule has 30 heavy (non-hydrogen) atoms. The quantitative estimate of drug-likeness (QED) is 0.572. The zero-order valence-electron chi connectivity index (χ0n) is 16.3. The Labute approximate surface area is 176 Å². The van der Waals surface area contributed by atoms with Crippen LogP contribution in [-0.4, -0.2) is 24.9 Å². The van der Waals surface area contributed by atoms with Crippen molar-refractivity contribution in [3.63, 3.8) is 0 Å². The van der Waals surface area contributed by atoms with E-state index in [1.807, 2.05) is 30.3 Å². The molecule has 0 bridgehead atoms. The van der Waals surface area contributed by atoms with E-state index in [4.69, 9.17) is 4.74 Å². The third kappa shape index (κ3) is 4.90. The summed E-state index contributed by atoms with van der Waals surface area (Å²) >= 11 is 0.980. The zero-order valence-corrected chi connectivity index (χ0v) is 17.1. The van der Waals surface area contributed by atoms with Gasteiger partial charge in [-0.15, -0.1) is 11.3 Å². The van der Waals surface area contributed by atoms with E-state index in [2.05, 4.69) is 10.6 Å². The van der Waals surface area contributed by atoms with Gasteiger partial charge in [0.25, 0.3) is 5.91 Å². The minimum atomic E-state index is -0.653. The number of anilines is 2. The van der Waals surface area contributed by atoms with Crippen LogP contribution in [0.15, 0.2) is 54.6 Å². The van der Waals surface area contributed by atoms with E-state index >= 15 is 0 Å². The number of amides is 2. The molecule has 2 amide bonds. The fourth-order valence-electron chi connectivity index (χ4n) is 2.84. The van der Waals surface area contributed by atoms with Crippen molar-refractivity contribution in [2.75, 3.05) is 17.7 Å². The Kier molecular flexibility index (Phi) is 6.58. The van der Waals surface area contributed by atoms with Gasteiger partial charge in [-0.2, -0.15) is 0 Å². The Balaban J connectivity index is 1.85. The highest BCUT2D eigenvalue weighted by Gasteiger charge is 2.26. The maximum Gasteiger partial charge on any atom is 0.341 e. The molecule has 0 atom stereocenters. The molecule has 3 rings (SSSR count). The molecule has 0 aliphatic carbocycles. The number of carbonyl (C=O) groups is 3. The van der Waals surface area contributed by atoms with E-state index in [9.17, 15) is 18.8 Å². The summed E-state index contributed by atoms with van der Waals surface area (Å²) < 4.78 is 17.9. The first-order valence-corrected chi connectivity index (χ1v) is 9.83. The van der Waals surface area contributed by atoms with Crippen LogP contribution >= 0.6 is 11.3 Å². The van der Waals surface area contributed by atoms with Crippen LogP contribution in [0.1, 0.15) is 31.2 Å². The molecule has 0 unspecified atom stereocenters. The van der Waals surface area contributed by atoms with Gasteiger partial charge in [-0.3, -0.25) is 9.59 Å². The molecule has 0 radical (unpaired) electrons. The van der Waals surface area contributed by atoms with Crippen LogP contribution in [0.3, 0.4) is 0 Å². The predicted octanol–water partition coefficient (Wildman–Crippen LogP) is 4.42. The second-order valence-electron chi connectivity index (χ2n) is 6.42. The summed E-state index contributed by atoms with van der Waals surface area (Å²) in [5.74, 6) is -1.87. The molecule has 8 heteroatoms. The second-order valence-corrected chi connectivity index (χ2v) is 7.44. The van der Waals surface area contributed by atoms with Gasteiger partial charge in [-0.1, -0.05) is 30.3 Å². The molecular formula is C22H19FN2O4S. The molecule has 1 aromatic heterocycles. The molecule has 1 heterocycles. The number of thiophene rings is 1. The Hall–Kier alpha value is -3.52. The molecular weight excluding hydrogens is 407 g/mol. The largest absolute Gasteiger partial charge is 0.465 e. The van der Waals surface area contributed by atoms with Crippen molar-refractivity contribution >= 4 is 39.8 Å². The van der Waals surface area contributed by atoms with E-state index in [1.54, 1.807) is 6.92 Å². The first kappa shape index (κ1) is 21.2. The SMILES string of the molecule is COC(=O)c1c(NC(=O)Cc2ccccc2)sc(C(=O)Nc2ccc(F)cc2)c1C. The van der Waals surface area contributed by atoms with Crippen molar-refractivity contribution in [1.29, 1.82) is 0 Å². The van der Waals surface area contributed by atoms with Gasteiger partial charge in [-0.05, 0) is 42.3 Å². The molecule has 0 spiro atoms. The molecule has 0 fully saturated rings. The number of hydrogen-bond acceptors (Lipinski definition) is 5. The van der Waals surface area contributed by atoms with Crippen LogP contribution in [0.25, 0.3) is 0 Å². The Morgan fingerprint density at radius 2 is 1.67 bits per heavy atom. The van der Waals surface area contributed by atoms with E-state index in [0.29, 0.717) is 11.3 Å². The molecule has 0 saturated carbocycles. The summed E-state index contributed by atoms with van der Waals surface area (Å²) in [6.07, 6.45) is 0.121. The van der Waals surface area contributed by atoms with Crippen LogP contribution in [0, 0.1) is 12.7 Å². The number of rotatable bonds is 6. The van der Waals surface area contributed by atoms with Gasteiger partial charge < -0.3 is 15.4 Å². The number of ether oxygens (including phenoxy) is 1. The lowest BCUT2D eigenvalue weighted by molar-refractivity contribution is -0.115.